The van der Waals surface area contributed by atoms with E-state index in [-0.39, 0.29) is 17.2 Å². The maximum Gasteiger partial charge on any atom is 0.338 e. The van der Waals surface area contributed by atoms with E-state index in [1.54, 1.807) is 91.0 Å². The third-order valence-electron chi connectivity index (χ3n) is 7.87. The Labute approximate surface area is 248 Å². The molecule has 0 unspecified atom stereocenters. The van der Waals surface area contributed by atoms with E-state index in [0.29, 0.717) is 18.4 Å². The van der Waals surface area contributed by atoms with Crippen LogP contribution in [0.5, 0.6) is 0 Å². The molecule has 0 aromatic heterocycles. The monoisotopic (exact) mass is 588 g/mol. The van der Waals surface area contributed by atoms with Gasteiger partial charge in [-0.25, -0.2) is 14.4 Å². The molecule has 2 heterocycles. The van der Waals surface area contributed by atoms with Crippen molar-refractivity contribution in [1.29, 1.82) is 0 Å². The fraction of sp³-hybridized carbons (Fsp3) is 0.364. The zero-order valence-corrected chi connectivity index (χ0v) is 23.3. The normalized spacial score (nSPS) is 29.8. The van der Waals surface area contributed by atoms with Crippen LogP contribution >= 0.6 is 0 Å². The minimum atomic E-state index is -2.33. The number of ether oxygens (including phenoxy) is 6. The van der Waals surface area contributed by atoms with Gasteiger partial charge in [-0.05, 0) is 49.2 Å². The molecule has 2 saturated heterocycles. The summed E-state index contributed by atoms with van der Waals surface area (Å²) in [5, 5.41) is 12.1. The fourth-order valence-electron chi connectivity index (χ4n) is 5.67. The number of esters is 3. The topological polar surface area (TPSA) is 127 Å². The number of hydrogen-bond acceptors (Lipinski definition) is 10. The van der Waals surface area contributed by atoms with Crippen molar-refractivity contribution in [2.24, 2.45) is 0 Å². The van der Waals surface area contributed by atoms with E-state index in [4.69, 9.17) is 28.4 Å². The molecule has 3 fully saturated rings. The van der Waals surface area contributed by atoms with Gasteiger partial charge in [0, 0.05) is 0 Å². The number of fused-ring (bicyclic) bond motifs is 2. The largest absolute Gasteiger partial charge is 0.459 e. The second-order valence-corrected chi connectivity index (χ2v) is 10.8. The zero-order chi connectivity index (χ0) is 29.8. The molecule has 10 heteroatoms. The summed E-state index contributed by atoms with van der Waals surface area (Å²) in [4.78, 5) is 39.5. The van der Waals surface area contributed by atoms with Gasteiger partial charge in [-0.15, -0.1) is 0 Å². The van der Waals surface area contributed by atoms with E-state index in [1.165, 1.54) is 0 Å². The Morgan fingerprint density at radius 1 is 0.698 bits per heavy atom. The molecular weight excluding hydrogens is 556 g/mol. The van der Waals surface area contributed by atoms with Crippen molar-refractivity contribution >= 4 is 17.9 Å². The van der Waals surface area contributed by atoms with Crippen molar-refractivity contribution in [2.45, 2.75) is 68.3 Å². The predicted molar refractivity (Wildman–Crippen MR) is 150 cm³/mol. The first kappa shape index (κ1) is 29.0. The molecular formula is C33H32O10. The van der Waals surface area contributed by atoms with Crippen LogP contribution in [0.1, 0.15) is 56.8 Å². The number of carbonyl (C=O) groups is 3. The van der Waals surface area contributed by atoms with E-state index in [9.17, 15) is 19.5 Å². The van der Waals surface area contributed by atoms with E-state index in [0.717, 1.165) is 12.8 Å². The lowest BCUT2D eigenvalue weighted by Gasteiger charge is -2.55. The van der Waals surface area contributed by atoms with Crippen molar-refractivity contribution in [1.82, 2.24) is 0 Å². The molecule has 0 radical (unpaired) electrons. The van der Waals surface area contributed by atoms with Gasteiger partial charge in [0.15, 0.2) is 6.10 Å². The van der Waals surface area contributed by atoms with Gasteiger partial charge in [-0.3, -0.25) is 0 Å². The van der Waals surface area contributed by atoms with Crippen LogP contribution < -0.4 is 0 Å². The third kappa shape index (κ3) is 6.18. The molecule has 1 aliphatic carbocycles. The fourth-order valence-corrected chi connectivity index (χ4v) is 5.67. The molecule has 10 nitrogen and oxygen atoms in total. The molecule has 3 aliphatic rings. The summed E-state index contributed by atoms with van der Waals surface area (Å²) in [6.07, 6.45) is -3.43. The van der Waals surface area contributed by atoms with Crippen LogP contribution in [0.25, 0.3) is 0 Å². The number of benzene rings is 3. The van der Waals surface area contributed by atoms with Crippen molar-refractivity contribution in [3.05, 3.63) is 108 Å². The molecule has 3 aromatic rings. The number of aliphatic hydroxyl groups is 1. The lowest BCUT2D eigenvalue weighted by molar-refractivity contribution is -0.464. The summed E-state index contributed by atoms with van der Waals surface area (Å²) in [5.74, 6) is -4.51. The molecule has 6 rings (SSSR count). The summed E-state index contributed by atoms with van der Waals surface area (Å²) >= 11 is 0. The SMILES string of the molecule is O=C(OC[C@H]1O[C@H]2O[C@@H]3CCCC[C@@H]3O[C@@]2(O)[C@@H](OC(=O)c2ccccc2)[C@@H]1OC(=O)c1ccccc1)c1ccccc1. The Hall–Kier alpha value is -4.09. The van der Waals surface area contributed by atoms with Crippen LogP contribution in [-0.2, 0) is 28.4 Å². The molecule has 43 heavy (non-hydrogen) atoms. The van der Waals surface area contributed by atoms with Crippen LogP contribution in [0.4, 0.5) is 0 Å². The minimum absolute atomic E-state index is 0.210. The predicted octanol–water partition coefficient (Wildman–Crippen LogP) is 4.07. The number of rotatable bonds is 7. The maximum atomic E-state index is 13.4. The lowest BCUT2D eigenvalue weighted by Crippen LogP contribution is -2.74. The van der Waals surface area contributed by atoms with Crippen LogP contribution in [0.3, 0.4) is 0 Å². The first-order chi connectivity index (χ1) is 20.9. The highest BCUT2D eigenvalue weighted by atomic mass is 16.8. The van der Waals surface area contributed by atoms with E-state index < -0.39 is 61.0 Å². The summed E-state index contributed by atoms with van der Waals surface area (Å²) in [6, 6.07) is 24.8. The Bertz CT molecular complexity index is 1420. The number of carbonyl (C=O) groups excluding carboxylic acids is 3. The van der Waals surface area contributed by atoms with Crippen LogP contribution in [0.2, 0.25) is 0 Å². The van der Waals surface area contributed by atoms with Gasteiger partial charge in [-0.2, -0.15) is 0 Å². The average Bonchev–Trinajstić information content (AvgIpc) is 3.05. The first-order valence-electron chi connectivity index (χ1n) is 14.4. The van der Waals surface area contributed by atoms with Crippen molar-refractivity contribution in [3.63, 3.8) is 0 Å². The molecule has 0 bridgehead atoms. The zero-order valence-electron chi connectivity index (χ0n) is 23.3. The molecule has 1 N–H and O–H groups in total. The van der Waals surface area contributed by atoms with Gasteiger partial charge in [0.2, 0.25) is 12.4 Å². The Morgan fingerprint density at radius 3 is 1.79 bits per heavy atom. The molecule has 2 aliphatic heterocycles. The minimum Gasteiger partial charge on any atom is -0.459 e. The van der Waals surface area contributed by atoms with Crippen LogP contribution in [-0.4, -0.2) is 72.2 Å². The highest BCUT2D eigenvalue weighted by Crippen LogP contribution is 2.44. The van der Waals surface area contributed by atoms with Crippen molar-refractivity contribution < 1.29 is 47.9 Å². The third-order valence-corrected chi connectivity index (χ3v) is 7.87. The number of hydrogen-bond donors (Lipinski definition) is 1. The first-order valence-corrected chi connectivity index (χ1v) is 14.4. The second kappa shape index (κ2) is 12.6. The summed E-state index contributed by atoms with van der Waals surface area (Å²) in [7, 11) is 0. The second-order valence-electron chi connectivity index (χ2n) is 10.8. The van der Waals surface area contributed by atoms with Gasteiger partial charge < -0.3 is 33.5 Å². The molecule has 1 saturated carbocycles. The van der Waals surface area contributed by atoms with Gasteiger partial charge in [0.1, 0.15) is 12.7 Å². The van der Waals surface area contributed by atoms with Crippen LogP contribution in [0.15, 0.2) is 91.0 Å². The smallest absolute Gasteiger partial charge is 0.338 e. The van der Waals surface area contributed by atoms with Gasteiger partial charge in [0.25, 0.3) is 5.79 Å². The maximum absolute atomic E-state index is 13.4. The van der Waals surface area contributed by atoms with Gasteiger partial charge in [-0.1, -0.05) is 67.4 Å². The molecule has 0 amide bonds. The highest BCUT2D eigenvalue weighted by Gasteiger charge is 2.65. The van der Waals surface area contributed by atoms with E-state index >= 15 is 0 Å². The molecule has 224 valence electrons. The van der Waals surface area contributed by atoms with Gasteiger partial charge >= 0.3 is 17.9 Å². The summed E-state index contributed by atoms with van der Waals surface area (Å²) < 4.78 is 36.0. The highest BCUT2D eigenvalue weighted by molar-refractivity contribution is 5.91. The summed E-state index contributed by atoms with van der Waals surface area (Å²) in [6.45, 7) is -0.399. The van der Waals surface area contributed by atoms with Crippen LogP contribution in [0, 0.1) is 0 Å². The Balaban J connectivity index is 1.35. The Kier molecular flexibility index (Phi) is 8.53. The summed E-state index contributed by atoms with van der Waals surface area (Å²) in [5.41, 5.74) is 0.738. The van der Waals surface area contributed by atoms with Crippen molar-refractivity contribution in [3.8, 4) is 0 Å². The van der Waals surface area contributed by atoms with Crippen molar-refractivity contribution in [2.75, 3.05) is 6.61 Å². The Morgan fingerprint density at radius 2 is 1.21 bits per heavy atom. The lowest BCUT2D eigenvalue weighted by atomic mass is 9.89. The average molecular weight is 589 g/mol. The van der Waals surface area contributed by atoms with Gasteiger partial charge in [0.05, 0.1) is 28.9 Å². The quantitative estimate of drug-likeness (QED) is 0.319. The van der Waals surface area contributed by atoms with E-state index in [2.05, 4.69) is 0 Å². The molecule has 3 aromatic carbocycles. The molecule has 0 spiro atoms. The molecule has 7 atom stereocenters. The van der Waals surface area contributed by atoms with E-state index in [1.807, 2.05) is 0 Å². The standard InChI is InChI=1S/C33H32O10/c34-29(21-12-4-1-5-13-21)38-20-26-27(41-30(35)22-14-6-2-7-15-22)28(42-31(36)23-16-8-3-9-17-23)33(37)32(40-26)39-24-18-10-11-19-25(24)43-33/h1-9,12-17,24-28,32,37H,10-11,18-20H2/t24-,25+,26-,27-,28+,32-,33+/m1/s1.